The zero-order valence-corrected chi connectivity index (χ0v) is 10.5. The quantitative estimate of drug-likeness (QED) is 0.779. The van der Waals surface area contributed by atoms with Gasteiger partial charge < -0.3 is 5.32 Å². The highest BCUT2D eigenvalue weighted by Crippen LogP contribution is 2.47. The molecule has 0 aromatic heterocycles. The third-order valence-electron chi connectivity index (χ3n) is 4.05. The number of imide groups is 1. The van der Waals surface area contributed by atoms with Gasteiger partial charge in [0.05, 0.1) is 0 Å². The van der Waals surface area contributed by atoms with Crippen LogP contribution in [0.25, 0.3) is 0 Å². The summed E-state index contributed by atoms with van der Waals surface area (Å²) in [4.78, 5) is 23.7. The Bertz CT molecular complexity index is 549. The molecule has 1 aliphatic carbocycles. The molecule has 1 saturated heterocycles. The molecule has 3 rings (SSSR count). The molecule has 3 amide bonds. The monoisotopic (exact) mass is 244 g/mol. The fraction of sp³-hybridized carbons (Fsp3) is 0.429. The van der Waals surface area contributed by atoms with Crippen LogP contribution in [-0.4, -0.2) is 11.9 Å². The van der Waals surface area contributed by atoms with Crippen LogP contribution in [0.15, 0.2) is 18.2 Å². The van der Waals surface area contributed by atoms with E-state index in [0.29, 0.717) is 0 Å². The largest absolute Gasteiger partial charge is 0.322 e. The Morgan fingerprint density at radius 1 is 1.17 bits per heavy atom. The van der Waals surface area contributed by atoms with E-state index in [1.165, 1.54) is 5.56 Å². The highest BCUT2D eigenvalue weighted by molar-refractivity contribution is 6.07. The van der Waals surface area contributed by atoms with E-state index in [1.807, 2.05) is 32.0 Å². The van der Waals surface area contributed by atoms with Crippen LogP contribution >= 0.6 is 0 Å². The van der Waals surface area contributed by atoms with Crippen molar-refractivity contribution in [2.45, 2.75) is 32.2 Å². The molecule has 1 aromatic carbocycles. The van der Waals surface area contributed by atoms with Gasteiger partial charge in [0, 0.05) is 0 Å². The predicted molar refractivity (Wildman–Crippen MR) is 67.0 cm³/mol. The van der Waals surface area contributed by atoms with Crippen LogP contribution in [0, 0.1) is 19.8 Å². The van der Waals surface area contributed by atoms with Gasteiger partial charge in [-0.3, -0.25) is 10.1 Å². The van der Waals surface area contributed by atoms with Gasteiger partial charge in [0.15, 0.2) is 0 Å². The number of carbonyl (C=O) groups excluding carboxylic acids is 2. The molecule has 2 N–H and O–H groups in total. The first-order valence-corrected chi connectivity index (χ1v) is 6.25. The Morgan fingerprint density at radius 2 is 1.89 bits per heavy atom. The van der Waals surface area contributed by atoms with Crippen LogP contribution in [0.1, 0.15) is 29.5 Å². The Balaban J connectivity index is 2.12. The van der Waals surface area contributed by atoms with Gasteiger partial charge >= 0.3 is 6.03 Å². The maximum atomic E-state index is 12.2. The number of benzene rings is 1. The molecule has 1 unspecified atom stereocenters. The average Bonchev–Trinajstić information content (AvgIpc) is 3.10. The lowest BCUT2D eigenvalue weighted by Crippen LogP contribution is -2.46. The SMILES string of the molecule is Cc1ccc(C2(C3CC3)NC(=O)NC2=O)cc1C. The zero-order chi connectivity index (χ0) is 12.9. The number of hydrogen-bond acceptors (Lipinski definition) is 2. The summed E-state index contributed by atoms with van der Waals surface area (Å²) in [6.07, 6.45) is 1.97. The molecule has 94 valence electrons. The van der Waals surface area contributed by atoms with E-state index < -0.39 is 5.54 Å². The summed E-state index contributed by atoms with van der Waals surface area (Å²) >= 11 is 0. The van der Waals surface area contributed by atoms with E-state index in [2.05, 4.69) is 10.6 Å². The van der Waals surface area contributed by atoms with Crippen molar-refractivity contribution in [1.82, 2.24) is 10.6 Å². The number of hydrogen-bond donors (Lipinski definition) is 2. The fourth-order valence-corrected chi connectivity index (χ4v) is 2.70. The fourth-order valence-electron chi connectivity index (χ4n) is 2.70. The molecule has 2 fully saturated rings. The normalized spacial score (nSPS) is 27.0. The van der Waals surface area contributed by atoms with E-state index in [-0.39, 0.29) is 17.9 Å². The Hall–Kier alpha value is -1.84. The summed E-state index contributed by atoms with van der Waals surface area (Å²) in [6, 6.07) is 5.59. The van der Waals surface area contributed by atoms with Crippen molar-refractivity contribution in [2.24, 2.45) is 5.92 Å². The van der Waals surface area contributed by atoms with Gasteiger partial charge in [-0.15, -0.1) is 0 Å². The lowest BCUT2D eigenvalue weighted by molar-refractivity contribution is -0.125. The highest BCUT2D eigenvalue weighted by atomic mass is 16.2. The Kier molecular flexibility index (Phi) is 2.24. The first-order chi connectivity index (χ1) is 8.54. The molecule has 0 spiro atoms. The van der Waals surface area contributed by atoms with Crippen molar-refractivity contribution in [3.63, 3.8) is 0 Å². The van der Waals surface area contributed by atoms with Crippen molar-refractivity contribution in [1.29, 1.82) is 0 Å². The average molecular weight is 244 g/mol. The van der Waals surface area contributed by atoms with Crippen molar-refractivity contribution >= 4 is 11.9 Å². The molecule has 18 heavy (non-hydrogen) atoms. The van der Waals surface area contributed by atoms with Crippen LogP contribution in [0.2, 0.25) is 0 Å². The standard InChI is InChI=1S/C14H16N2O2/c1-8-3-4-11(7-9(8)2)14(10-5-6-10)12(17)15-13(18)16-14/h3-4,7,10H,5-6H2,1-2H3,(H2,15,16,17,18). The van der Waals surface area contributed by atoms with Crippen LogP contribution in [0.3, 0.4) is 0 Å². The van der Waals surface area contributed by atoms with Crippen LogP contribution in [0.4, 0.5) is 4.79 Å². The van der Waals surface area contributed by atoms with Gasteiger partial charge in [-0.05, 0) is 49.3 Å². The molecule has 0 bridgehead atoms. The van der Waals surface area contributed by atoms with Gasteiger partial charge in [0.1, 0.15) is 5.54 Å². The summed E-state index contributed by atoms with van der Waals surface area (Å²) in [6.45, 7) is 4.06. The number of carbonyl (C=O) groups is 2. The molecular weight excluding hydrogens is 228 g/mol. The summed E-state index contributed by atoms with van der Waals surface area (Å²) in [5, 5.41) is 5.22. The first-order valence-electron chi connectivity index (χ1n) is 6.25. The molecule has 1 aromatic rings. The van der Waals surface area contributed by atoms with Crippen LogP contribution < -0.4 is 10.6 Å². The molecule has 4 heteroatoms. The van der Waals surface area contributed by atoms with Gasteiger partial charge in [-0.1, -0.05) is 18.2 Å². The summed E-state index contributed by atoms with van der Waals surface area (Å²) in [5.74, 6) is 0.0179. The van der Waals surface area contributed by atoms with Crippen molar-refractivity contribution in [3.05, 3.63) is 34.9 Å². The first kappa shape index (κ1) is 11.3. The van der Waals surface area contributed by atoms with E-state index in [1.54, 1.807) is 0 Å². The second-order valence-corrected chi connectivity index (χ2v) is 5.29. The Morgan fingerprint density at radius 3 is 2.39 bits per heavy atom. The van der Waals surface area contributed by atoms with Gasteiger partial charge in [-0.2, -0.15) is 0 Å². The molecule has 1 saturated carbocycles. The van der Waals surface area contributed by atoms with Crippen molar-refractivity contribution in [3.8, 4) is 0 Å². The molecule has 1 heterocycles. The number of amides is 3. The number of nitrogens with one attached hydrogen (secondary N) is 2. The molecule has 2 aliphatic rings. The van der Waals surface area contributed by atoms with Crippen molar-refractivity contribution < 1.29 is 9.59 Å². The predicted octanol–water partition coefficient (Wildman–Crippen LogP) is 1.75. The minimum absolute atomic E-state index is 0.210. The van der Waals surface area contributed by atoms with Gasteiger partial charge in [0.25, 0.3) is 5.91 Å². The number of urea groups is 1. The minimum atomic E-state index is -0.838. The zero-order valence-electron chi connectivity index (χ0n) is 10.5. The summed E-state index contributed by atoms with van der Waals surface area (Å²) < 4.78 is 0. The smallest absolute Gasteiger partial charge is 0.319 e. The summed E-state index contributed by atoms with van der Waals surface area (Å²) in [5.41, 5.74) is 2.39. The maximum absolute atomic E-state index is 12.2. The number of rotatable bonds is 2. The summed E-state index contributed by atoms with van der Waals surface area (Å²) in [7, 11) is 0. The minimum Gasteiger partial charge on any atom is -0.319 e. The molecular formula is C14H16N2O2. The maximum Gasteiger partial charge on any atom is 0.322 e. The Labute approximate surface area is 106 Å². The lowest BCUT2D eigenvalue weighted by Gasteiger charge is -2.27. The van der Waals surface area contributed by atoms with Gasteiger partial charge in [-0.25, -0.2) is 4.79 Å². The van der Waals surface area contributed by atoms with Crippen LogP contribution in [0.5, 0.6) is 0 Å². The highest BCUT2D eigenvalue weighted by Gasteiger charge is 2.57. The van der Waals surface area contributed by atoms with E-state index in [4.69, 9.17) is 0 Å². The van der Waals surface area contributed by atoms with Crippen molar-refractivity contribution in [2.75, 3.05) is 0 Å². The van der Waals surface area contributed by atoms with E-state index in [9.17, 15) is 9.59 Å². The topological polar surface area (TPSA) is 58.2 Å². The number of aryl methyl sites for hydroxylation is 2. The molecule has 1 atom stereocenters. The molecule has 0 radical (unpaired) electrons. The van der Waals surface area contributed by atoms with Crippen LogP contribution in [-0.2, 0) is 10.3 Å². The third-order valence-corrected chi connectivity index (χ3v) is 4.05. The molecule has 4 nitrogen and oxygen atoms in total. The van der Waals surface area contributed by atoms with E-state index >= 15 is 0 Å². The molecule has 1 aliphatic heterocycles. The third kappa shape index (κ3) is 1.45. The second-order valence-electron chi connectivity index (χ2n) is 5.29. The lowest BCUT2D eigenvalue weighted by atomic mass is 9.83. The second kappa shape index (κ2) is 3.57. The van der Waals surface area contributed by atoms with E-state index in [0.717, 1.165) is 24.0 Å². The van der Waals surface area contributed by atoms with Gasteiger partial charge in [0.2, 0.25) is 0 Å².